The van der Waals surface area contributed by atoms with Crippen LogP contribution in [-0.2, 0) is 10.0 Å². The predicted octanol–water partition coefficient (Wildman–Crippen LogP) is 3.21. The highest BCUT2D eigenvalue weighted by Crippen LogP contribution is 2.19. The minimum absolute atomic E-state index is 0.223. The lowest BCUT2D eigenvalue weighted by Gasteiger charge is -1.96. The Bertz CT molecular complexity index is 633. The molecule has 0 amide bonds. The zero-order chi connectivity index (χ0) is 12.3. The fourth-order valence-electron chi connectivity index (χ4n) is 1.17. The molecule has 0 aliphatic carbocycles. The lowest BCUT2D eigenvalue weighted by molar-refractivity contribution is 0.600. The van der Waals surface area contributed by atoms with E-state index in [0.29, 0.717) is 10.6 Å². The molecule has 0 unspecified atom stereocenters. The largest absolute Gasteiger partial charge is 0.291 e. The van der Waals surface area contributed by atoms with Crippen molar-refractivity contribution in [1.29, 1.82) is 0 Å². The molecule has 1 aromatic heterocycles. The third-order valence-corrected chi connectivity index (χ3v) is 4.94. The number of benzene rings is 1. The van der Waals surface area contributed by atoms with Gasteiger partial charge in [0.2, 0.25) is 0 Å². The van der Waals surface area contributed by atoms with Gasteiger partial charge < -0.3 is 0 Å². The van der Waals surface area contributed by atoms with Crippen LogP contribution in [-0.4, -0.2) is 14.6 Å². The minimum Gasteiger partial charge on any atom is -0.198 e. The summed E-state index contributed by atoms with van der Waals surface area (Å²) < 4.78 is 27.3. The van der Waals surface area contributed by atoms with E-state index in [1.165, 1.54) is 12.3 Å². The fraction of sp³-hybridized carbons (Fsp3) is 0. The molecule has 0 fully saturated rings. The SMILES string of the molecule is O=S(=O)(/N=C\c1ccccc1Cl)c1cccs1. The highest BCUT2D eigenvalue weighted by Gasteiger charge is 2.12. The maximum absolute atomic E-state index is 11.7. The molecule has 3 nitrogen and oxygen atoms in total. The second-order valence-corrected chi connectivity index (χ2v) is 6.38. The number of halogens is 1. The molecule has 0 radical (unpaired) electrons. The molecule has 2 rings (SSSR count). The van der Waals surface area contributed by atoms with E-state index < -0.39 is 10.0 Å². The van der Waals surface area contributed by atoms with Crippen LogP contribution in [0.5, 0.6) is 0 Å². The van der Waals surface area contributed by atoms with Crippen LogP contribution in [0.4, 0.5) is 0 Å². The normalized spacial score (nSPS) is 12.1. The molecular formula is C11H8ClNO2S2. The van der Waals surface area contributed by atoms with Crippen molar-refractivity contribution < 1.29 is 8.42 Å². The van der Waals surface area contributed by atoms with E-state index in [4.69, 9.17) is 11.6 Å². The number of nitrogens with zero attached hydrogens (tertiary/aromatic N) is 1. The topological polar surface area (TPSA) is 46.5 Å². The average Bonchev–Trinajstić information content (AvgIpc) is 2.82. The maximum Gasteiger partial charge on any atom is 0.291 e. The molecule has 6 heteroatoms. The quantitative estimate of drug-likeness (QED) is 0.813. The Labute approximate surface area is 108 Å². The van der Waals surface area contributed by atoms with Crippen LogP contribution in [0.15, 0.2) is 50.4 Å². The summed E-state index contributed by atoms with van der Waals surface area (Å²) in [4.78, 5) is 0. The van der Waals surface area contributed by atoms with Crippen LogP contribution >= 0.6 is 22.9 Å². The predicted molar refractivity (Wildman–Crippen MR) is 70.6 cm³/mol. The van der Waals surface area contributed by atoms with Crippen molar-refractivity contribution in [2.24, 2.45) is 4.40 Å². The molecule has 88 valence electrons. The molecule has 0 spiro atoms. The lowest BCUT2D eigenvalue weighted by atomic mass is 10.2. The highest BCUT2D eigenvalue weighted by molar-refractivity contribution is 7.92. The van der Waals surface area contributed by atoms with E-state index in [-0.39, 0.29) is 4.21 Å². The van der Waals surface area contributed by atoms with Gasteiger partial charge in [-0.3, -0.25) is 0 Å². The van der Waals surface area contributed by atoms with Gasteiger partial charge >= 0.3 is 0 Å². The molecule has 17 heavy (non-hydrogen) atoms. The third kappa shape index (κ3) is 2.94. The van der Waals surface area contributed by atoms with Crippen LogP contribution in [0.25, 0.3) is 0 Å². The van der Waals surface area contributed by atoms with Crippen LogP contribution < -0.4 is 0 Å². The Morgan fingerprint density at radius 1 is 1.18 bits per heavy atom. The van der Waals surface area contributed by atoms with Crippen LogP contribution in [0, 0.1) is 0 Å². The summed E-state index contributed by atoms with van der Waals surface area (Å²) in [6, 6.07) is 10.1. The first-order chi connectivity index (χ1) is 8.09. The van der Waals surface area contributed by atoms with E-state index in [2.05, 4.69) is 4.40 Å². The molecule has 0 N–H and O–H groups in total. The maximum atomic E-state index is 11.7. The Hall–Kier alpha value is -1.17. The summed E-state index contributed by atoms with van der Waals surface area (Å²) in [5, 5.41) is 2.16. The molecule has 0 aliphatic rings. The molecule has 0 aliphatic heterocycles. The standard InChI is InChI=1S/C11H8ClNO2S2/c12-10-5-2-1-4-9(10)8-13-17(14,15)11-6-3-7-16-11/h1-8H/b13-8-. The van der Waals surface area contributed by atoms with Gasteiger partial charge in [-0.1, -0.05) is 35.9 Å². The first-order valence-corrected chi connectivity index (χ1v) is 7.38. The van der Waals surface area contributed by atoms with Crippen molar-refractivity contribution in [3.05, 3.63) is 52.4 Å². The smallest absolute Gasteiger partial charge is 0.198 e. The first-order valence-electron chi connectivity index (χ1n) is 4.68. The van der Waals surface area contributed by atoms with Gasteiger partial charge in [-0.05, 0) is 17.5 Å². The Kier molecular flexibility index (Phi) is 3.61. The third-order valence-electron chi connectivity index (χ3n) is 1.99. The van der Waals surface area contributed by atoms with Crippen LogP contribution in [0.2, 0.25) is 5.02 Å². The summed E-state index contributed by atoms with van der Waals surface area (Å²) in [6.45, 7) is 0. The van der Waals surface area contributed by atoms with Crippen molar-refractivity contribution in [2.75, 3.05) is 0 Å². The summed E-state index contributed by atoms with van der Waals surface area (Å²) in [7, 11) is -3.60. The number of hydrogen-bond donors (Lipinski definition) is 0. The van der Waals surface area contributed by atoms with E-state index in [1.54, 1.807) is 35.7 Å². The number of sulfonamides is 1. The summed E-state index contributed by atoms with van der Waals surface area (Å²) in [5.41, 5.74) is 0.578. The molecule has 1 heterocycles. The van der Waals surface area contributed by atoms with Crippen molar-refractivity contribution in [3.63, 3.8) is 0 Å². The number of hydrogen-bond acceptors (Lipinski definition) is 3. The molecular weight excluding hydrogens is 278 g/mol. The van der Waals surface area contributed by atoms with Gasteiger partial charge in [-0.15, -0.1) is 11.3 Å². The monoisotopic (exact) mass is 285 g/mol. The summed E-state index contributed by atoms with van der Waals surface area (Å²) >= 11 is 7.03. The van der Waals surface area contributed by atoms with Gasteiger partial charge in [0.25, 0.3) is 10.0 Å². The zero-order valence-electron chi connectivity index (χ0n) is 8.58. The molecule has 0 saturated heterocycles. The van der Waals surface area contributed by atoms with Crippen LogP contribution in [0.3, 0.4) is 0 Å². The molecule has 2 aromatic rings. The Morgan fingerprint density at radius 2 is 1.94 bits per heavy atom. The van der Waals surface area contributed by atoms with Gasteiger partial charge in [0.1, 0.15) is 4.21 Å². The van der Waals surface area contributed by atoms with Gasteiger partial charge in [0, 0.05) is 16.8 Å². The Morgan fingerprint density at radius 3 is 2.59 bits per heavy atom. The van der Waals surface area contributed by atoms with Gasteiger partial charge in [0.05, 0.1) is 0 Å². The van der Waals surface area contributed by atoms with Crippen molar-refractivity contribution in [2.45, 2.75) is 4.21 Å². The van der Waals surface area contributed by atoms with E-state index in [9.17, 15) is 8.42 Å². The highest BCUT2D eigenvalue weighted by atomic mass is 35.5. The number of thiophene rings is 1. The van der Waals surface area contributed by atoms with E-state index in [1.807, 2.05) is 0 Å². The first kappa shape index (κ1) is 12.3. The number of rotatable bonds is 3. The average molecular weight is 286 g/mol. The van der Waals surface area contributed by atoms with Gasteiger partial charge in [-0.2, -0.15) is 12.8 Å². The second kappa shape index (κ2) is 5.00. The van der Waals surface area contributed by atoms with Gasteiger partial charge in [-0.25, -0.2) is 0 Å². The summed E-state index contributed by atoms with van der Waals surface area (Å²) in [6.07, 6.45) is 1.26. The lowest BCUT2D eigenvalue weighted by Crippen LogP contribution is -1.95. The van der Waals surface area contributed by atoms with Crippen molar-refractivity contribution in [3.8, 4) is 0 Å². The van der Waals surface area contributed by atoms with E-state index in [0.717, 1.165) is 11.3 Å². The second-order valence-electron chi connectivity index (χ2n) is 3.16. The Balaban J connectivity index is 2.31. The van der Waals surface area contributed by atoms with Crippen molar-refractivity contribution >= 4 is 39.2 Å². The molecule has 1 aromatic carbocycles. The fourth-order valence-corrected chi connectivity index (χ4v) is 3.19. The van der Waals surface area contributed by atoms with Crippen LogP contribution in [0.1, 0.15) is 5.56 Å². The molecule has 0 saturated carbocycles. The van der Waals surface area contributed by atoms with Gasteiger partial charge in [0.15, 0.2) is 0 Å². The summed E-state index contributed by atoms with van der Waals surface area (Å²) in [5.74, 6) is 0. The van der Waals surface area contributed by atoms with E-state index >= 15 is 0 Å². The molecule has 0 atom stereocenters. The minimum atomic E-state index is -3.60. The molecule has 0 bridgehead atoms. The zero-order valence-corrected chi connectivity index (χ0v) is 11.0. The van der Waals surface area contributed by atoms with Crippen molar-refractivity contribution in [1.82, 2.24) is 0 Å².